The molecule has 110 valence electrons. The minimum Gasteiger partial charge on any atom is -0.478 e. The van der Waals surface area contributed by atoms with Crippen LogP contribution in [0.5, 0.6) is 0 Å². The number of anilines is 2. The Bertz CT molecular complexity index is 507. The number of aliphatic hydroxyl groups is 1. The first kappa shape index (κ1) is 14.6. The van der Waals surface area contributed by atoms with E-state index in [4.69, 9.17) is 10.8 Å². The van der Waals surface area contributed by atoms with E-state index in [-0.39, 0.29) is 11.7 Å². The van der Waals surface area contributed by atoms with Crippen molar-refractivity contribution in [1.29, 1.82) is 0 Å². The van der Waals surface area contributed by atoms with Gasteiger partial charge in [0.2, 0.25) is 0 Å². The second-order valence-corrected chi connectivity index (χ2v) is 5.18. The van der Waals surface area contributed by atoms with Crippen LogP contribution < -0.4 is 11.1 Å². The van der Waals surface area contributed by atoms with Crippen molar-refractivity contribution < 1.29 is 19.4 Å². The number of carboxylic acids is 1. The van der Waals surface area contributed by atoms with Gasteiger partial charge >= 0.3 is 5.97 Å². The lowest BCUT2D eigenvalue weighted by Gasteiger charge is -2.24. The van der Waals surface area contributed by atoms with Crippen molar-refractivity contribution in [1.82, 2.24) is 0 Å². The fourth-order valence-corrected chi connectivity index (χ4v) is 2.54. The molecule has 1 aromatic carbocycles. The Kier molecular flexibility index (Phi) is 4.44. The summed E-state index contributed by atoms with van der Waals surface area (Å²) in [6.45, 7) is 0. The molecule has 20 heavy (non-hydrogen) atoms. The summed E-state index contributed by atoms with van der Waals surface area (Å²) in [6, 6.07) is 1.99. The number of benzene rings is 1. The molecule has 0 heterocycles. The summed E-state index contributed by atoms with van der Waals surface area (Å²) < 4.78 is 13.7. The Balaban J connectivity index is 2.20. The molecule has 6 heteroatoms. The van der Waals surface area contributed by atoms with Crippen molar-refractivity contribution in [2.75, 3.05) is 11.1 Å². The molecule has 0 bridgehead atoms. The van der Waals surface area contributed by atoms with Crippen molar-refractivity contribution >= 4 is 17.3 Å². The third-order valence-corrected chi connectivity index (χ3v) is 3.69. The molecule has 0 radical (unpaired) electrons. The zero-order valence-electron chi connectivity index (χ0n) is 11.1. The lowest BCUT2D eigenvalue weighted by atomic mass is 10.0. The molecule has 1 aliphatic rings. The molecule has 5 nitrogen and oxygen atoms in total. The predicted molar refractivity (Wildman–Crippen MR) is 74.3 cm³/mol. The van der Waals surface area contributed by atoms with Crippen LogP contribution in [0.1, 0.15) is 42.5 Å². The lowest BCUT2D eigenvalue weighted by molar-refractivity contribution is 0.0692. The molecular weight excluding hydrogens is 263 g/mol. The quantitative estimate of drug-likeness (QED) is 0.503. The monoisotopic (exact) mass is 282 g/mol. The van der Waals surface area contributed by atoms with E-state index < -0.39 is 23.5 Å². The summed E-state index contributed by atoms with van der Waals surface area (Å²) >= 11 is 0. The number of nitrogens with one attached hydrogen (secondary N) is 1. The molecule has 2 rings (SSSR count). The maximum Gasteiger partial charge on any atom is 0.338 e. The summed E-state index contributed by atoms with van der Waals surface area (Å²) in [5.74, 6) is -2.19. The Morgan fingerprint density at radius 3 is 2.70 bits per heavy atom. The van der Waals surface area contributed by atoms with Crippen molar-refractivity contribution in [3.63, 3.8) is 0 Å². The molecule has 0 amide bonds. The van der Waals surface area contributed by atoms with Crippen LogP contribution in [0.4, 0.5) is 15.8 Å². The van der Waals surface area contributed by atoms with E-state index in [0.29, 0.717) is 12.1 Å². The maximum absolute atomic E-state index is 13.7. The average Bonchev–Trinajstić information content (AvgIpc) is 2.58. The third-order valence-electron chi connectivity index (χ3n) is 3.69. The molecule has 0 saturated heterocycles. The molecule has 2 atom stereocenters. The topological polar surface area (TPSA) is 95.6 Å². The van der Waals surface area contributed by atoms with Gasteiger partial charge in [0.15, 0.2) is 0 Å². The minimum atomic E-state index is -1.35. The number of hydrogen-bond acceptors (Lipinski definition) is 4. The fraction of sp³-hybridized carbons (Fsp3) is 0.500. The number of aliphatic hydroxyl groups excluding tert-OH is 1. The smallest absolute Gasteiger partial charge is 0.338 e. The van der Waals surface area contributed by atoms with Crippen LogP contribution in [-0.4, -0.2) is 28.3 Å². The van der Waals surface area contributed by atoms with Gasteiger partial charge in [0.05, 0.1) is 29.1 Å². The van der Waals surface area contributed by atoms with Gasteiger partial charge in [-0.3, -0.25) is 0 Å². The van der Waals surface area contributed by atoms with Gasteiger partial charge in [-0.2, -0.15) is 0 Å². The normalized spacial score (nSPS) is 23.1. The average molecular weight is 282 g/mol. The number of halogens is 1. The first-order valence-electron chi connectivity index (χ1n) is 6.76. The number of hydrogen-bond donors (Lipinski definition) is 4. The van der Waals surface area contributed by atoms with Gasteiger partial charge in [-0.15, -0.1) is 0 Å². The van der Waals surface area contributed by atoms with E-state index in [1.54, 1.807) is 0 Å². The minimum absolute atomic E-state index is 0.167. The maximum atomic E-state index is 13.7. The van der Waals surface area contributed by atoms with Gasteiger partial charge in [0.1, 0.15) is 5.82 Å². The largest absolute Gasteiger partial charge is 0.478 e. The van der Waals surface area contributed by atoms with Crippen LogP contribution in [0.25, 0.3) is 0 Å². The van der Waals surface area contributed by atoms with E-state index in [0.717, 1.165) is 37.8 Å². The van der Waals surface area contributed by atoms with Gasteiger partial charge in [-0.25, -0.2) is 9.18 Å². The highest BCUT2D eigenvalue weighted by Gasteiger charge is 2.23. The van der Waals surface area contributed by atoms with Crippen LogP contribution >= 0.6 is 0 Å². The predicted octanol–water partition coefficient (Wildman–Crippen LogP) is 2.21. The van der Waals surface area contributed by atoms with Crippen molar-refractivity contribution in [2.24, 2.45) is 0 Å². The molecular formula is C14H19FN2O3. The Hall–Kier alpha value is -1.82. The first-order valence-corrected chi connectivity index (χ1v) is 6.76. The SMILES string of the molecule is Nc1cc(C(=O)O)c(F)cc1NC1CCCCCC1O. The van der Waals surface area contributed by atoms with Crippen molar-refractivity contribution in [2.45, 2.75) is 44.2 Å². The zero-order chi connectivity index (χ0) is 14.7. The number of aromatic carboxylic acids is 1. The fourth-order valence-electron chi connectivity index (χ4n) is 2.54. The van der Waals surface area contributed by atoms with Crippen molar-refractivity contribution in [3.8, 4) is 0 Å². The number of rotatable bonds is 3. The molecule has 1 fully saturated rings. The number of nitrogens with two attached hydrogens (primary N) is 1. The third kappa shape index (κ3) is 3.19. The van der Waals surface area contributed by atoms with Crippen LogP contribution in [0.2, 0.25) is 0 Å². The lowest BCUT2D eigenvalue weighted by Crippen LogP contribution is -2.32. The van der Waals surface area contributed by atoms with E-state index >= 15 is 0 Å². The molecule has 1 aromatic rings. The number of nitrogen functional groups attached to an aromatic ring is 1. The van der Waals surface area contributed by atoms with Gasteiger partial charge in [-0.05, 0) is 25.0 Å². The highest BCUT2D eigenvalue weighted by Crippen LogP contribution is 2.27. The molecule has 1 saturated carbocycles. The van der Waals surface area contributed by atoms with Crippen molar-refractivity contribution in [3.05, 3.63) is 23.5 Å². The summed E-state index contributed by atoms with van der Waals surface area (Å²) in [6.07, 6.45) is 4.01. The van der Waals surface area contributed by atoms with Gasteiger partial charge in [0.25, 0.3) is 0 Å². The standard InChI is InChI=1S/C14H19FN2O3/c15-9-7-12(10(16)6-8(9)14(19)20)17-11-4-2-1-3-5-13(11)18/h6-7,11,13,17-18H,1-5,16H2,(H,19,20). The number of carboxylic acid groups (broad SMARTS) is 1. The Morgan fingerprint density at radius 1 is 1.30 bits per heavy atom. The van der Waals surface area contributed by atoms with Gasteiger partial charge in [0, 0.05) is 0 Å². The van der Waals surface area contributed by atoms with Crippen LogP contribution in [-0.2, 0) is 0 Å². The number of carbonyl (C=O) groups is 1. The second kappa shape index (κ2) is 6.09. The molecule has 1 aliphatic carbocycles. The Morgan fingerprint density at radius 2 is 2.00 bits per heavy atom. The van der Waals surface area contributed by atoms with E-state index in [2.05, 4.69) is 5.32 Å². The molecule has 2 unspecified atom stereocenters. The van der Waals surface area contributed by atoms with E-state index in [9.17, 15) is 14.3 Å². The summed E-state index contributed by atoms with van der Waals surface area (Å²) in [5.41, 5.74) is 5.80. The van der Waals surface area contributed by atoms with Crippen LogP contribution in [0, 0.1) is 5.82 Å². The van der Waals surface area contributed by atoms with Crippen LogP contribution in [0.3, 0.4) is 0 Å². The summed E-state index contributed by atoms with van der Waals surface area (Å²) in [7, 11) is 0. The van der Waals surface area contributed by atoms with Gasteiger partial charge in [-0.1, -0.05) is 19.3 Å². The Labute approximate surface area is 116 Å². The highest BCUT2D eigenvalue weighted by atomic mass is 19.1. The molecule has 0 aliphatic heterocycles. The van der Waals surface area contributed by atoms with Crippen LogP contribution in [0.15, 0.2) is 12.1 Å². The molecule has 0 spiro atoms. The van der Waals surface area contributed by atoms with E-state index in [1.807, 2.05) is 0 Å². The highest BCUT2D eigenvalue weighted by molar-refractivity contribution is 5.90. The summed E-state index contributed by atoms with van der Waals surface area (Å²) in [4.78, 5) is 10.8. The first-order chi connectivity index (χ1) is 9.49. The zero-order valence-corrected chi connectivity index (χ0v) is 11.1. The van der Waals surface area contributed by atoms with E-state index in [1.165, 1.54) is 0 Å². The summed E-state index contributed by atoms with van der Waals surface area (Å²) in [5, 5.41) is 21.9. The van der Waals surface area contributed by atoms with Gasteiger partial charge < -0.3 is 21.3 Å². The molecule has 0 aromatic heterocycles. The molecule has 5 N–H and O–H groups in total. The second-order valence-electron chi connectivity index (χ2n) is 5.18.